The van der Waals surface area contributed by atoms with Crippen LogP contribution in [0.3, 0.4) is 0 Å². The monoisotopic (exact) mass is 393 g/mol. The van der Waals surface area contributed by atoms with Crippen LogP contribution in [-0.2, 0) is 0 Å². The van der Waals surface area contributed by atoms with E-state index in [2.05, 4.69) is 36.0 Å². The van der Waals surface area contributed by atoms with Gasteiger partial charge in [0.15, 0.2) is 11.5 Å². The quantitative estimate of drug-likeness (QED) is 0.666. The van der Waals surface area contributed by atoms with Crippen molar-refractivity contribution in [1.29, 1.82) is 0 Å². The summed E-state index contributed by atoms with van der Waals surface area (Å²) in [5, 5.41) is 13.7. The summed E-state index contributed by atoms with van der Waals surface area (Å²) in [5.41, 5.74) is 0.830. The fraction of sp³-hybridized carbons (Fsp3) is 0.550. The first-order valence-corrected chi connectivity index (χ1v) is 10.4. The number of rotatable bonds is 4. The van der Waals surface area contributed by atoms with E-state index >= 15 is 0 Å². The highest BCUT2D eigenvalue weighted by molar-refractivity contribution is 5.47. The molecule has 152 valence electrons. The van der Waals surface area contributed by atoms with Crippen molar-refractivity contribution in [3.05, 3.63) is 30.2 Å². The summed E-state index contributed by atoms with van der Waals surface area (Å²) in [5.74, 6) is 4.11. The third-order valence-corrected chi connectivity index (χ3v) is 5.92. The Morgan fingerprint density at radius 1 is 0.897 bits per heavy atom. The molecule has 0 unspecified atom stereocenters. The second-order valence-corrected chi connectivity index (χ2v) is 8.08. The smallest absolute Gasteiger partial charge is 0.226 e. The lowest BCUT2D eigenvalue weighted by atomic mass is 9.96. The molecule has 0 aliphatic carbocycles. The third-order valence-electron chi connectivity index (χ3n) is 5.92. The average Bonchev–Trinajstić information content (AvgIpc) is 3.43. The van der Waals surface area contributed by atoms with Gasteiger partial charge in [0, 0.05) is 52.4 Å². The van der Waals surface area contributed by atoms with Crippen LogP contribution in [0, 0.1) is 0 Å². The van der Waals surface area contributed by atoms with Crippen molar-refractivity contribution in [3.8, 4) is 0 Å². The van der Waals surface area contributed by atoms with Crippen molar-refractivity contribution in [2.75, 3.05) is 55.0 Å². The molecule has 0 bridgehead atoms. The van der Waals surface area contributed by atoms with Crippen LogP contribution in [0.2, 0.25) is 0 Å². The van der Waals surface area contributed by atoms with E-state index in [1.54, 1.807) is 0 Å². The minimum Gasteiger partial charge on any atom is -0.356 e. The molecule has 9 nitrogen and oxygen atoms in total. The van der Waals surface area contributed by atoms with E-state index in [4.69, 9.17) is 5.10 Å². The molecule has 2 fully saturated rings. The van der Waals surface area contributed by atoms with Gasteiger partial charge in [0.2, 0.25) is 5.95 Å². The second-order valence-electron chi connectivity index (χ2n) is 8.08. The summed E-state index contributed by atoms with van der Waals surface area (Å²) < 4.78 is 1.96. The number of hydrogen-bond donors (Lipinski definition) is 0. The maximum atomic E-state index is 4.88. The molecule has 2 aliphatic rings. The predicted octanol–water partition coefficient (Wildman–Crippen LogP) is 1.96. The van der Waals surface area contributed by atoms with Gasteiger partial charge in [0.1, 0.15) is 11.6 Å². The Kier molecular flexibility index (Phi) is 4.65. The summed E-state index contributed by atoms with van der Waals surface area (Å²) in [6.45, 7) is 4.05. The van der Waals surface area contributed by atoms with E-state index in [0.29, 0.717) is 5.92 Å². The number of hydrogen-bond acceptors (Lipinski definition) is 8. The molecule has 5 heterocycles. The zero-order valence-electron chi connectivity index (χ0n) is 17.1. The van der Waals surface area contributed by atoms with Gasteiger partial charge in [0.05, 0.1) is 0 Å². The third kappa shape index (κ3) is 3.45. The van der Waals surface area contributed by atoms with Crippen molar-refractivity contribution in [1.82, 2.24) is 29.8 Å². The van der Waals surface area contributed by atoms with Crippen LogP contribution in [0.5, 0.6) is 0 Å². The Balaban J connectivity index is 1.33. The predicted molar refractivity (Wildman–Crippen MR) is 113 cm³/mol. The summed E-state index contributed by atoms with van der Waals surface area (Å²) in [7, 11) is 3.93. The molecule has 9 heteroatoms. The lowest BCUT2D eigenvalue weighted by Gasteiger charge is -2.32. The van der Waals surface area contributed by atoms with E-state index in [9.17, 15) is 0 Å². The molecular formula is C20H27N9. The van der Waals surface area contributed by atoms with Crippen molar-refractivity contribution in [2.45, 2.75) is 31.6 Å². The standard InChI is InChI=1S/C20H27N9/c1-26(2)20-21-10-7-16(22-20)28-13-8-15(9-14-28)19-24-23-17-5-6-18(25-29(17)19)27-11-3-4-12-27/h5-7,10,15H,3-4,8-9,11-14H2,1-2H3. The van der Waals surface area contributed by atoms with Crippen LogP contribution in [0.25, 0.3) is 5.65 Å². The van der Waals surface area contributed by atoms with E-state index in [1.807, 2.05) is 41.8 Å². The minimum absolute atomic E-state index is 0.359. The van der Waals surface area contributed by atoms with E-state index in [-0.39, 0.29) is 0 Å². The van der Waals surface area contributed by atoms with Crippen LogP contribution in [-0.4, -0.2) is 70.1 Å². The molecule has 5 rings (SSSR count). The first-order valence-electron chi connectivity index (χ1n) is 10.4. The molecule has 0 radical (unpaired) electrons. The fourth-order valence-electron chi connectivity index (χ4n) is 4.26. The summed E-state index contributed by atoms with van der Waals surface area (Å²) >= 11 is 0. The minimum atomic E-state index is 0.359. The van der Waals surface area contributed by atoms with Gasteiger partial charge in [-0.1, -0.05) is 0 Å². The van der Waals surface area contributed by atoms with E-state index in [0.717, 1.165) is 68.1 Å². The topological polar surface area (TPSA) is 78.6 Å². The summed E-state index contributed by atoms with van der Waals surface area (Å²) in [4.78, 5) is 15.6. The Labute approximate surface area is 170 Å². The second kappa shape index (κ2) is 7.46. The van der Waals surface area contributed by atoms with Crippen LogP contribution < -0.4 is 14.7 Å². The molecule has 0 atom stereocenters. The number of fused-ring (bicyclic) bond motifs is 1. The zero-order valence-corrected chi connectivity index (χ0v) is 17.1. The molecule has 0 amide bonds. The van der Waals surface area contributed by atoms with Gasteiger partial charge in [-0.25, -0.2) is 4.98 Å². The number of aromatic nitrogens is 6. The molecule has 3 aromatic heterocycles. The molecule has 0 N–H and O–H groups in total. The van der Waals surface area contributed by atoms with Gasteiger partial charge >= 0.3 is 0 Å². The average molecular weight is 393 g/mol. The maximum absolute atomic E-state index is 4.88. The molecule has 0 spiro atoms. The Hall–Kier alpha value is -2.97. The van der Waals surface area contributed by atoms with Gasteiger partial charge < -0.3 is 14.7 Å². The molecule has 2 aliphatic heterocycles. The van der Waals surface area contributed by atoms with Crippen molar-refractivity contribution in [3.63, 3.8) is 0 Å². The first kappa shape index (κ1) is 18.1. The summed E-state index contributed by atoms with van der Waals surface area (Å²) in [6.07, 6.45) is 6.34. The Morgan fingerprint density at radius 3 is 2.41 bits per heavy atom. The van der Waals surface area contributed by atoms with Gasteiger partial charge in [0.25, 0.3) is 0 Å². The molecule has 29 heavy (non-hydrogen) atoms. The van der Waals surface area contributed by atoms with Gasteiger partial charge in [-0.05, 0) is 43.9 Å². The Morgan fingerprint density at radius 2 is 1.66 bits per heavy atom. The molecule has 3 aromatic rings. The molecule has 0 saturated carbocycles. The van der Waals surface area contributed by atoms with Crippen LogP contribution in [0.1, 0.15) is 37.4 Å². The zero-order chi connectivity index (χ0) is 19.8. The van der Waals surface area contributed by atoms with Gasteiger partial charge in [-0.15, -0.1) is 15.3 Å². The highest BCUT2D eigenvalue weighted by Crippen LogP contribution is 2.29. The highest BCUT2D eigenvalue weighted by atomic mass is 15.4. The van der Waals surface area contributed by atoms with Crippen LogP contribution in [0.4, 0.5) is 17.6 Å². The number of nitrogens with zero attached hydrogens (tertiary/aromatic N) is 9. The number of piperidine rings is 1. The normalized spacial score (nSPS) is 18.0. The van der Waals surface area contributed by atoms with Crippen LogP contribution >= 0.6 is 0 Å². The molecule has 2 saturated heterocycles. The van der Waals surface area contributed by atoms with Crippen molar-refractivity contribution >= 4 is 23.2 Å². The summed E-state index contributed by atoms with van der Waals surface area (Å²) in [6, 6.07) is 6.10. The van der Waals surface area contributed by atoms with E-state index < -0.39 is 0 Å². The van der Waals surface area contributed by atoms with Gasteiger partial charge in [-0.2, -0.15) is 9.50 Å². The molecular weight excluding hydrogens is 366 g/mol. The lowest BCUT2D eigenvalue weighted by molar-refractivity contribution is 0.475. The van der Waals surface area contributed by atoms with Crippen LogP contribution in [0.15, 0.2) is 24.4 Å². The molecule has 0 aromatic carbocycles. The number of anilines is 3. The lowest BCUT2D eigenvalue weighted by Crippen LogP contribution is -2.34. The Bertz CT molecular complexity index is 985. The maximum Gasteiger partial charge on any atom is 0.226 e. The fourth-order valence-corrected chi connectivity index (χ4v) is 4.26. The van der Waals surface area contributed by atoms with Crippen molar-refractivity contribution in [2.24, 2.45) is 0 Å². The van der Waals surface area contributed by atoms with Crippen molar-refractivity contribution < 1.29 is 0 Å². The highest BCUT2D eigenvalue weighted by Gasteiger charge is 2.26. The first-order chi connectivity index (χ1) is 14.2. The largest absolute Gasteiger partial charge is 0.356 e. The SMILES string of the molecule is CN(C)c1nccc(N2CCC(c3nnc4ccc(N5CCCC5)nn34)CC2)n1. The van der Waals surface area contributed by atoms with E-state index in [1.165, 1.54) is 12.8 Å². The van der Waals surface area contributed by atoms with Gasteiger partial charge in [-0.3, -0.25) is 0 Å².